The Morgan fingerprint density at radius 2 is 0.568 bits per heavy atom. The van der Waals surface area contributed by atoms with Crippen LogP contribution in [0.25, 0.3) is 0 Å². The molecule has 0 saturated carbocycles. The molecule has 4 heteroatoms. The molecular formula is C40H36N3Ru. The van der Waals surface area contributed by atoms with Crippen molar-refractivity contribution in [2.75, 3.05) is 21.7 Å². The molecule has 0 heterocycles. The van der Waals surface area contributed by atoms with Crippen LogP contribution >= 0.6 is 0 Å². The maximum atomic E-state index is 3.14. The molecule has 6 aromatic rings. The zero-order valence-electron chi connectivity index (χ0n) is 25.6. The van der Waals surface area contributed by atoms with Crippen molar-refractivity contribution in [2.45, 2.75) is 20.8 Å². The van der Waals surface area contributed by atoms with Gasteiger partial charge in [0.1, 0.15) is 0 Å². The van der Waals surface area contributed by atoms with Crippen LogP contribution in [0.4, 0.5) is 45.5 Å². The molecule has 0 amide bonds. The Balaban J connectivity index is 0.00000384. The molecule has 0 atom stereocenters. The van der Waals surface area contributed by atoms with E-state index in [2.05, 4.69) is 182 Å². The fourth-order valence-corrected chi connectivity index (χ4v) is 5.30. The van der Waals surface area contributed by atoms with Crippen molar-refractivity contribution in [3.05, 3.63) is 168 Å². The van der Waals surface area contributed by atoms with Crippen molar-refractivity contribution in [3.63, 3.8) is 0 Å². The van der Waals surface area contributed by atoms with Gasteiger partial charge in [0.25, 0.3) is 0 Å². The second kappa shape index (κ2) is 13.8. The molecule has 0 spiro atoms. The van der Waals surface area contributed by atoms with Crippen LogP contribution < -0.4 is 14.7 Å². The summed E-state index contributed by atoms with van der Waals surface area (Å²) in [6.45, 7) is 6.36. The second-order valence-corrected chi connectivity index (χ2v) is 11.0. The molecule has 3 nitrogen and oxygen atoms in total. The molecule has 0 aliphatic heterocycles. The zero-order valence-corrected chi connectivity index (χ0v) is 27.3. The Hall–Kier alpha value is -4.66. The number of hydrogen-bond acceptors (Lipinski definition) is 3. The van der Waals surface area contributed by atoms with Gasteiger partial charge in [0.15, 0.2) is 0 Å². The SMILES string of the molecule is Cc1ccc(N(c2cc[c-]cc2)c2ccc(N(C)c3ccc(N(c4ccc(C)cc4)c4ccc(C)cc4)cc3)cc2)cc1.[Ru+]. The van der Waals surface area contributed by atoms with E-state index in [1.54, 1.807) is 0 Å². The van der Waals surface area contributed by atoms with Crippen LogP contribution in [-0.4, -0.2) is 7.05 Å². The van der Waals surface area contributed by atoms with E-state index in [0.717, 1.165) is 45.5 Å². The largest absolute Gasteiger partial charge is 1.00 e. The van der Waals surface area contributed by atoms with Crippen LogP contribution in [0.15, 0.2) is 146 Å². The molecule has 0 aliphatic carbocycles. The Kier molecular flexibility index (Phi) is 9.63. The minimum atomic E-state index is 0. The summed E-state index contributed by atoms with van der Waals surface area (Å²) in [4.78, 5) is 6.80. The van der Waals surface area contributed by atoms with Crippen LogP contribution in [0.5, 0.6) is 0 Å². The van der Waals surface area contributed by atoms with Crippen LogP contribution in [0.2, 0.25) is 0 Å². The van der Waals surface area contributed by atoms with E-state index < -0.39 is 0 Å². The topological polar surface area (TPSA) is 9.72 Å². The summed E-state index contributed by atoms with van der Waals surface area (Å²) in [7, 11) is 2.12. The van der Waals surface area contributed by atoms with Gasteiger partial charge >= 0.3 is 19.5 Å². The third-order valence-corrected chi connectivity index (χ3v) is 7.83. The zero-order chi connectivity index (χ0) is 29.8. The van der Waals surface area contributed by atoms with Gasteiger partial charge in [-0.3, -0.25) is 0 Å². The Morgan fingerprint density at radius 3 is 0.864 bits per heavy atom. The van der Waals surface area contributed by atoms with E-state index in [-0.39, 0.29) is 19.5 Å². The van der Waals surface area contributed by atoms with E-state index in [9.17, 15) is 0 Å². The summed E-state index contributed by atoms with van der Waals surface area (Å²) in [5.74, 6) is 0. The number of benzene rings is 6. The van der Waals surface area contributed by atoms with Gasteiger partial charge in [-0.05, 0) is 106 Å². The van der Waals surface area contributed by atoms with Gasteiger partial charge in [-0.1, -0.05) is 58.8 Å². The quantitative estimate of drug-likeness (QED) is 0.119. The van der Waals surface area contributed by atoms with Crippen LogP contribution in [0.1, 0.15) is 16.7 Å². The summed E-state index contributed by atoms with van der Waals surface area (Å²) in [5, 5.41) is 0. The summed E-state index contributed by atoms with van der Waals surface area (Å²) in [6.07, 6.45) is 0. The fraction of sp³-hybridized carbons (Fsp3) is 0.100. The van der Waals surface area contributed by atoms with Gasteiger partial charge in [0.2, 0.25) is 0 Å². The maximum Gasteiger partial charge on any atom is 1.00 e. The Bertz CT molecular complexity index is 1720. The van der Waals surface area contributed by atoms with Crippen molar-refractivity contribution < 1.29 is 19.5 Å². The van der Waals surface area contributed by atoms with E-state index in [1.165, 1.54) is 16.7 Å². The van der Waals surface area contributed by atoms with Gasteiger partial charge in [-0.25, -0.2) is 0 Å². The summed E-state index contributed by atoms with van der Waals surface area (Å²) >= 11 is 0. The van der Waals surface area contributed by atoms with Crippen molar-refractivity contribution in [1.29, 1.82) is 0 Å². The molecule has 0 bridgehead atoms. The van der Waals surface area contributed by atoms with Crippen molar-refractivity contribution in [1.82, 2.24) is 0 Å². The smallest absolute Gasteiger partial charge is 0.345 e. The van der Waals surface area contributed by atoms with Crippen molar-refractivity contribution in [2.24, 2.45) is 0 Å². The first-order chi connectivity index (χ1) is 21.0. The molecule has 1 radical (unpaired) electrons. The Labute approximate surface area is 274 Å². The Morgan fingerprint density at radius 1 is 0.341 bits per heavy atom. The monoisotopic (exact) mass is 660 g/mol. The maximum absolute atomic E-state index is 3.14. The predicted octanol–water partition coefficient (Wildman–Crippen LogP) is 11.1. The second-order valence-electron chi connectivity index (χ2n) is 11.0. The molecule has 0 unspecified atom stereocenters. The number of aryl methyl sites for hydroxylation is 3. The first kappa shape index (κ1) is 30.8. The van der Waals surface area contributed by atoms with Gasteiger partial charge < -0.3 is 14.7 Å². The van der Waals surface area contributed by atoms with Crippen LogP contribution in [-0.2, 0) is 19.5 Å². The van der Waals surface area contributed by atoms with E-state index in [4.69, 9.17) is 0 Å². The summed E-state index contributed by atoms with van der Waals surface area (Å²) in [5.41, 5.74) is 12.7. The third kappa shape index (κ3) is 6.77. The fourth-order valence-electron chi connectivity index (χ4n) is 5.30. The summed E-state index contributed by atoms with van der Waals surface area (Å²) in [6, 6.07) is 54.8. The van der Waals surface area contributed by atoms with Gasteiger partial charge in [0, 0.05) is 46.9 Å². The first-order valence-corrected chi connectivity index (χ1v) is 14.7. The molecule has 219 valence electrons. The molecular weight excluding hydrogens is 624 g/mol. The van der Waals surface area contributed by atoms with Crippen LogP contribution in [0.3, 0.4) is 0 Å². The minimum Gasteiger partial charge on any atom is -0.345 e. The van der Waals surface area contributed by atoms with E-state index >= 15 is 0 Å². The minimum absolute atomic E-state index is 0. The predicted molar refractivity (Wildman–Crippen MR) is 183 cm³/mol. The first-order valence-electron chi connectivity index (χ1n) is 14.7. The van der Waals surface area contributed by atoms with Crippen molar-refractivity contribution in [3.8, 4) is 0 Å². The molecule has 0 N–H and O–H groups in total. The number of rotatable bonds is 8. The third-order valence-electron chi connectivity index (χ3n) is 7.83. The van der Waals surface area contributed by atoms with Gasteiger partial charge in [0.05, 0.1) is 0 Å². The molecule has 0 aliphatic rings. The summed E-state index contributed by atoms with van der Waals surface area (Å²) < 4.78 is 0. The normalized spacial score (nSPS) is 10.5. The average molecular weight is 660 g/mol. The standard InChI is InChI=1S/C40H36N3.Ru/c1-30-10-16-36(17-11-30)42(35-8-6-5-7-9-35)39-26-22-33(23-27-39)41(4)34-24-28-40(29-25-34)43(37-18-12-31(2)13-19-37)38-20-14-32(3)15-21-38;/h6-29H,1-4H3;/q-1;+1. The van der Waals surface area contributed by atoms with Gasteiger partial charge in [-0.15, -0.1) is 12.1 Å². The molecule has 0 saturated heterocycles. The molecule has 44 heavy (non-hydrogen) atoms. The molecule has 6 rings (SSSR count). The van der Waals surface area contributed by atoms with Crippen LogP contribution in [0, 0.1) is 26.8 Å². The number of hydrogen-bond donors (Lipinski definition) is 0. The van der Waals surface area contributed by atoms with E-state index in [0.29, 0.717) is 0 Å². The molecule has 0 aromatic heterocycles. The van der Waals surface area contributed by atoms with Crippen molar-refractivity contribution >= 4 is 45.5 Å². The number of anilines is 8. The average Bonchev–Trinajstić information content (AvgIpc) is 3.05. The number of nitrogens with zero attached hydrogens (tertiary/aromatic N) is 3. The molecule has 6 aromatic carbocycles. The van der Waals surface area contributed by atoms with Gasteiger partial charge in [-0.2, -0.15) is 18.2 Å². The van der Waals surface area contributed by atoms with E-state index in [1.807, 2.05) is 12.1 Å². The molecule has 0 fully saturated rings.